The predicted octanol–water partition coefficient (Wildman–Crippen LogP) is 4.03. The van der Waals surface area contributed by atoms with E-state index in [4.69, 9.17) is 0 Å². The molecule has 31 heavy (non-hydrogen) atoms. The number of rotatable bonds is 6. The van der Waals surface area contributed by atoms with E-state index in [9.17, 15) is 15.2 Å². The summed E-state index contributed by atoms with van der Waals surface area (Å²) in [5.41, 5.74) is 5.16. The van der Waals surface area contributed by atoms with Gasteiger partial charge in [0, 0.05) is 18.3 Å². The summed E-state index contributed by atoms with van der Waals surface area (Å²) in [4.78, 5) is 12.7. The number of anilines is 1. The van der Waals surface area contributed by atoms with Crippen LogP contribution >= 0.6 is 0 Å². The lowest BCUT2D eigenvalue weighted by molar-refractivity contribution is 0.169. The number of aryl methyl sites for hydroxylation is 1. The van der Waals surface area contributed by atoms with Crippen LogP contribution in [0.1, 0.15) is 36.5 Å². The summed E-state index contributed by atoms with van der Waals surface area (Å²) < 4.78 is 3.43. The minimum Gasteiger partial charge on any atom is -0.389 e. The lowest BCUT2D eigenvalue weighted by Crippen LogP contribution is -2.25. The van der Waals surface area contributed by atoms with Crippen LogP contribution in [-0.4, -0.2) is 26.7 Å². The molecule has 2 aromatic carbocycles. The second-order valence-corrected chi connectivity index (χ2v) is 8.22. The molecule has 0 aliphatic rings. The van der Waals surface area contributed by atoms with Gasteiger partial charge in [0.05, 0.1) is 29.2 Å². The van der Waals surface area contributed by atoms with E-state index in [0.29, 0.717) is 29.2 Å². The van der Waals surface area contributed by atoms with Gasteiger partial charge in [-0.15, -0.1) is 0 Å². The fraction of sp³-hybridized carbons (Fsp3) is 0.280. The Morgan fingerprint density at radius 1 is 1.10 bits per heavy atom. The Morgan fingerprint density at radius 3 is 2.42 bits per heavy atom. The lowest BCUT2D eigenvalue weighted by Gasteiger charge is -2.16. The maximum Gasteiger partial charge on any atom is 0.257 e. The van der Waals surface area contributed by atoms with E-state index in [2.05, 4.69) is 37.4 Å². The fourth-order valence-corrected chi connectivity index (χ4v) is 4.02. The number of pyridine rings is 1. The molecule has 6 nitrogen and oxygen atoms in total. The third-order valence-electron chi connectivity index (χ3n) is 5.68. The molecule has 2 N–H and O–H groups in total. The van der Waals surface area contributed by atoms with Gasteiger partial charge in [0.15, 0.2) is 0 Å². The van der Waals surface area contributed by atoms with Gasteiger partial charge in [-0.1, -0.05) is 38.1 Å². The van der Waals surface area contributed by atoms with Gasteiger partial charge in [0.2, 0.25) is 0 Å². The molecule has 2 heterocycles. The molecule has 0 saturated heterocycles. The van der Waals surface area contributed by atoms with Gasteiger partial charge in [-0.25, -0.2) is 0 Å². The number of nitriles is 1. The summed E-state index contributed by atoms with van der Waals surface area (Å²) in [6.45, 7) is 6.67. The summed E-state index contributed by atoms with van der Waals surface area (Å²) in [6, 6.07) is 19.4. The molecular formula is C25H26N4O2. The number of hydrogen-bond donors (Lipinski definition) is 2. The summed E-state index contributed by atoms with van der Waals surface area (Å²) in [5, 5.41) is 23.8. The van der Waals surface area contributed by atoms with Crippen LogP contribution in [0, 0.1) is 18.3 Å². The van der Waals surface area contributed by atoms with Crippen LogP contribution in [0.3, 0.4) is 0 Å². The third-order valence-corrected chi connectivity index (χ3v) is 5.68. The zero-order chi connectivity index (χ0) is 22.1. The number of para-hydroxylation sites is 2. The average molecular weight is 415 g/mol. The first kappa shape index (κ1) is 20.7. The number of imidazole rings is 1. The highest BCUT2D eigenvalue weighted by atomic mass is 16.3. The van der Waals surface area contributed by atoms with E-state index < -0.39 is 6.10 Å². The van der Waals surface area contributed by atoms with Crippen molar-refractivity contribution < 1.29 is 5.11 Å². The van der Waals surface area contributed by atoms with Gasteiger partial charge < -0.3 is 15.0 Å². The summed E-state index contributed by atoms with van der Waals surface area (Å²) in [6.07, 6.45) is -0.716. The van der Waals surface area contributed by atoms with Crippen molar-refractivity contribution in [3.8, 4) is 6.07 Å². The maximum absolute atomic E-state index is 12.7. The second-order valence-electron chi connectivity index (χ2n) is 8.22. The molecule has 0 bridgehead atoms. The molecular weight excluding hydrogens is 388 g/mol. The smallest absolute Gasteiger partial charge is 0.257 e. The molecule has 158 valence electrons. The Hall–Kier alpha value is -3.56. The Labute approximate surface area is 181 Å². The highest BCUT2D eigenvalue weighted by Gasteiger charge is 2.19. The standard InChI is InChI=1S/C25H26N4O2/c1-16(2)18-8-10-19(11-9-18)27-14-20(30)15-28-22-6-4-5-7-23(22)29-24(31)12-17(3)21(13-26)25(28)29/h4-12,16,20,27,30H,14-15H2,1-3H3/t20-/m0/s1. The van der Waals surface area contributed by atoms with Crippen molar-refractivity contribution in [1.29, 1.82) is 5.26 Å². The van der Waals surface area contributed by atoms with Crippen LogP contribution in [0.4, 0.5) is 5.69 Å². The van der Waals surface area contributed by atoms with E-state index in [1.165, 1.54) is 11.6 Å². The number of fused-ring (bicyclic) bond motifs is 3. The predicted molar refractivity (Wildman–Crippen MR) is 124 cm³/mol. The van der Waals surface area contributed by atoms with Crippen LogP contribution in [0.15, 0.2) is 59.4 Å². The molecule has 0 aliphatic heterocycles. The molecule has 0 aliphatic carbocycles. The van der Waals surface area contributed by atoms with E-state index in [1.807, 2.05) is 41.0 Å². The van der Waals surface area contributed by atoms with Crippen molar-refractivity contribution in [2.24, 2.45) is 0 Å². The highest BCUT2D eigenvalue weighted by Crippen LogP contribution is 2.24. The molecule has 0 spiro atoms. The maximum atomic E-state index is 12.7. The van der Waals surface area contributed by atoms with Crippen molar-refractivity contribution in [2.45, 2.75) is 39.3 Å². The van der Waals surface area contributed by atoms with Crippen molar-refractivity contribution in [3.05, 3.63) is 81.6 Å². The molecule has 1 atom stereocenters. The van der Waals surface area contributed by atoms with Gasteiger partial charge >= 0.3 is 0 Å². The number of aromatic nitrogens is 2. The van der Waals surface area contributed by atoms with Crippen molar-refractivity contribution >= 4 is 22.4 Å². The Kier molecular flexibility index (Phi) is 5.53. The number of benzene rings is 2. The van der Waals surface area contributed by atoms with Crippen LogP contribution in [0.5, 0.6) is 0 Å². The number of nitrogens with one attached hydrogen (secondary N) is 1. The molecule has 0 fully saturated rings. The first-order valence-electron chi connectivity index (χ1n) is 10.5. The van der Waals surface area contributed by atoms with E-state index in [-0.39, 0.29) is 12.1 Å². The Morgan fingerprint density at radius 2 is 1.77 bits per heavy atom. The molecule has 6 heteroatoms. The summed E-state index contributed by atoms with van der Waals surface area (Å²) in [7, 11) is 0. The topological polar surface area (TPSA) is 82.5 Å². The van der Waals surface area contributed by atoms with Gasteiger partial charge in [-0.2, -0.15) is 5.26 Å². The van der Waals surface area contributed by atoms with Gasteiger partial charge in [-0.3, -0.25) is 9.20 Å². The molecule has 4 rings (SSSR count). The van der Waals surface area contributed by atoms with Crippen LogP contribution in [0.25, 0.3) is 16.7 Å². The first-order valence-corrected chi connectivity index (χ1v) is 10.5. The van der Waals surface area contributed by atoms with Gasteiger partial charge in [0.25, 0.3) is 5.56 Å². The monoisotopic (exact) mass is 414 g/mol. The lowest BCUT2D eigenvalue weighted by atomic mass is 10.0. The Bertz CT molecular complexity index is 1340. The SMILES string of the molecule is Cc1cc(=O)n2c3ccccc3n(C[C@@H](O)CNc3ccc(C(C)C)cc3)c2c1C#N. The average Bonchev–Trinajstić information content (AvgIpc) is 3.07. The van der Waals surface area contributed by atoms with Gasteiger partial charge in [0.1, 0.15) is 11.7 Å². The fourth-order valence-electron chi connectivity index (χ4n) is 4.02. The minimum atomic E-state index is -0.716. The number of hydrogen-bond acceptors (Lipinski definition) is 4. The third kappa shape index (κ3) is 3.80. The van der Waals surface area contributed by atoms with Crippen LogP contribution in [-0.2, 0) is 6.54 Å². The molecule has 2 aromatic heterocycles. The minimum absolute atomic E-state index is 0.181. The number of aliphatic hydroxyl groups excluding tert-OH is 1. The molecule has 0 radical (unpaired) electrons. The highest BCUT2D eigenvalue weighted by molar-refractivity contribution is 5.84. The molecule has 0 amide bonds. The van der Waals surface area contributed by atoms with E-state index in [1.54, 1.807) is 11.3 Å². The molecule has 4 aromatic rings. The van der Waals surface area contributed by atoms with Crippen molar-refractivity contribution in [1.82, 2.24) is 8.97 Å². The van der Waals surface area contributed by atoms with Crippen LogP contribution in [0.2, 0.25) is 0 Å². The Balaban J connectivity index is 1.67. The second kappa shape index (κ2) is 8.29. The van der Waals surface area contributed by atoms with Crippen molar-refractivity contribution in [2.75, 3.05) is 11.9 Å². The normalized spacial score (nSPS) is 12.4. The van der Waals surface area contributed by atoms with E-state index >= 15 is 0 Å². The van der Waals surface area contributed by atoms with Crippen molar-refractivity contribution in [3.63, 3.8) is 0 Å². The molecule has 0 unspecified atom stereocenters. The first-order chi connectivity index (χ1) is 14.9. The zero-order valence-corrected chi connectivity index (χ0v) is 18.0. The summed E-state index contributed by atoms with van der Waals surface area (Å²) in [5.74, 6) is 0.469. The largest absolute Gasteiger partial charge is 0.389 e. The molecule has 0 saturated carbocycles. The number of aliphatic hydroxyl groups is 1. The van der Waals surface area contributed by atoms with Gasteiger partial charge in [-0.05, 0) is 48.2 Å². The van der Waals surface area contributed by atoms with E-state index in [0.717, 1.165) is 16.7 Å². The zero-order valence-electron chi connectivity index (χ0n) is 18.0. The quantitative estimate of drug-likeness (QED) is 0.499. The summed E-state index contributed by atoms with van der Waals surface area (Å²) >= 11 is 0. The van der Waals surface area contributed by atoms with Crippen LogP contribution < -0.4 is 10.9 Å². The number of nitrogens with zero attached hydrogens (tertiary/aromatic N) is 3.